The van der Waals surface area contributed by atoms with E-state index in [1.807, 2.05) is 36.4 Å². The van der Waals surface area contributed by atoms with Gasteiger partial charge in [-0.1, -0.05) is 68.3 Å². The van der Waals surface area contributed by atoms with E-state index >= 15 is 0 Å². The Morgan fingerprint density at radius 1 is 0.792 bits per heavy atom. The molecule has 0 saturated heterocycles. The Kier molecular flexibility index (Phi) is 4.02. The number of nitrogens with zero attached hydrogens (tertiary/aromatic N) is 1. The molecular weight excluding hydrogens is 430 g/mol. The standard InChI is InChI=1S/C20H13Br2NO/c1-12-16(21)9-15(10-17(12)22)20-23-18-11-14(7-8-19(18)24-20)13-5-3-2-4-6-13/h2-11H,1H3. The number of rotatable bonds is 2. The lowest BCUT2D eigenvalue weighted by atomic mass is 10.1. The average molecular weight is 443 g/mol. The molecule has 0 spiro atoms. The summed E-state index contributed by atoms with van der Waals surface area (Å²) < 4.78 is 8.00. The summed E-state index contributed by atoms with van der Waals surface area (Å²) in [5.74, 6) is 0.622. The Labute approximate surface area is 156 Å². The van der Waals surface area contributed by atoms with Crippen LogP contribution in [0.1, 0.15) is 5.56 Å². The minimum absolute atomic E-state index is 0.622. The minimum atomic E-state index is 0.622. The summed E-state index contributed by atoms with van der Waals surface area (Å²) in [6.45, 7) is 2.05. The highest BCUT2D eigenvalue weighted by Gasteiger charge is 2.12. The third-order valence-electron chi connectivity index (χ3n) is 4.02. The second-order valence-corrected chi connectivity index (χ2v) is 7.34. The summed E-state index contributed by atoms with van der Waals surface area (Å²) in [6, 6.07) is 20.4. The number of halogens is 2. The van der Waals surface area contributed by atoms with Crippen molar-refractivity contribution in [3.63, 3.8) is 0 Å². The van der Waals surface area contributed by atoms with Gasteiger partial charge in [0.1, 0.15) is 5.52 Å². The summed E-state index contributed by atoms with van der Waals surface area (Å²) in [4.78, 5) is 4.67. The van der Waals surface area contributed by atoms with Crippen LogP contribution < -0.4 is 0 Å². The van der Waals surface area contributed by atoms with Gasteiger partial charge in [0.2, 0.25) is 5.89 Å². The molecule has 0 atom stereocenters. The van der Waals surface area contributed by atoms with Crippen molar-refractivity contribution < 1.29 is 4.42 Å². The van der Waals surface area contributed by atoms with Gasteiger partial charge in [0.05, 0.1) is 0 Å². The van der Waals surface area contributed by atoms with Crippen LogP contribution in [0.25, 0.3) is 33.7 Å². The van der Waals surface area contributed by atoms with Gasteiger partial charge < -0.3 is 4.42 Å². The number of oxazole rings is 1. The van der Waals surface area contributed by atoms with E-state index in [-0.39, 0.29) is 0 Å². The average Bonchev–Trinajstić information content (AvgIpc) is 3.03. The molecule has 4 heteroatoms. The fraction of sp³-hybridized carbons (Fsp3) is 0.0500. The van der Waals surface area contributed by atoms with E-state index in [0.29, 0.717) is 5.89 Å². The highest BCUT2D eigenvalue weighted by Crippen LogP contribution is 2.33. The summed E-state index contributed by atoms with van der Waals surface area (Å²) in [5.41, 5.74) is 6.05. The van der Waals surface area contributed by atoms with Crippen molar-refractivity contribution in [2.24, 2.45) is 0 Å². The molecule has 0 N–H and O–H groups in total. The van der Waals surface area contributed by atoms with Crippen LogP contribution in [0.2, 0.25) is 0 Å². The second-order valence-electron chi connectivity index (χ2n) is 5.63. The van der Waals surface area contributed by atoms with Gasteiger partial charge in [0, 0.05) is 14.5 Å². The van der Waals surface area contributed by atoms with Gasteiger partial charge in [-0.05, 0) is 47.9 Å². The molecule has 4 aromatic rings. The van der Waals surface area contributed by atoms with Crippen LogP contribution in [0, 0.1) is 6.92 Å². The largest absolute Gasteiger partial charge is 0.436 e. The summed E-state index contributed by atoms with van der Waals surface area (Å²) in [7, 11) is 0. The highest BCUT2D eigenvalue weighted by atomic mass is 79.9. The van der Waals surface area contributed by atoms with Gasteiger partial charge in [-0.3, -0.25) is 0 Å². The maximum atomic E-state index is 5.94. The lowest BCUT2D eigenvalue weighted by molar-refractivity contribution is 0.620. The zero-order valence-corrected chi connectivity index (χ0v) is 16.1. The van der Waals surface area contributed by atoms with Gasteiger partial charge >= 0.3 is 0 Å². The fourth-order valence-corrected chi connectivity index (χ4v) is 3.82. The Balaban J connectivity index is 1.82. The van der Waals surface area contributed by atoms with E-state index in [4.69, 9.17) is 4.42 Å². The molecular formula is C20H13Br2NO. The molecule has 3 aromatic carbocycles. The first-order valence-electron chi connectivity index (χ1n) is 7.54. The van der Waals surface area contributed by atoms with E-state index in [9.17, 15) is 0 Å². The zero-order chi connectivity index (χ0) is 16.7. The van der Waals surface area contributed by atoms with Crippen LogP contribution in [-0.4, -0.2) is 4.98 Å². The lowest BCUT2D eigenvalue weighted by Crippen LogP contribution is -1.83. The second kappa shape index (κ2) is 6.19. The van der Waals surface area contributed by atoms with Gasteiger partial charge in [0.25, 0.3) is 0 Å². The molecule has 24 heavy (non-hydrogen) atoms. The molecule has 0 aliphatic rings. The molecule has 0 unspecified atom stereocenters. The van der Waals surface area contributed by atoms with Crippen LogP contribution in [0.3, 0.4) is 0 Å². The number of fused-ring (bicyclic) bond motifs is 1. The van der Waals surface area contributed by atoms with Crippen molar-refractivity contribution in [2.75, 3.05) is 0 Å². The third-order valence-corrected chi connectivity index (χ3v) is 5.67. The maximum Gasteiger partial charge on any atom is 0.227 e. The van der Waals surface area contributed by atoms with E-state index < -0.39 is 0 Å². The number of aromatic nitrogens is 1. The molecule has 0 aliphatic carbocycles. The lowest BCUT2D eigenvalue weighted by Gasteiger charge is -2.03. The predicted octanol–water partition coefficient (Wildman–Crippen LogP) is 7.00. The number of hydrogen-bond acceptors (Lipinski definition) is 2. The van der Waals surface area contributed by atoms with Gasteiger partial charge in [-0.2, -0.15) is 0 Å². The topological polar surface area (TPSA) is 26.0 Å². The number of benzene rings is 3. The summed E-state index contributed by atoms with van der Waals surface area (Å²) in [6.07, 6.45) is 0. The minimum Gasteiger partial charge on any atom is -0.436 e. The monoisotopic (exact) mass is 441 g/mol. The van der Waals surface area contributed by atoms with Crippen molar-refractivity contribution in [1.29, 1.82) is 0 Å². The Bertz CT molecular complexity index is 1020. The van der Waals surface area contributed by atoms with Crippen molar-refractivity contribution >= 4 is 43.0 Å². The first-order valence-corrected chi connectivity index (χ1v) is 9.12. The predicted molar refractivity (Wildman–Crippen MR) is 105 cm³/mol. The molecule has 1 aromatic heterocycles. The van der Waals surface area contributed by atoms with Crippen LogP contribution in [0.15, 0.2) is 74.0 Å². The molecule has 1 heterocycles. The molecule has 0 aliphatic heterocycles. The van der Waals surface area contributed by atoms with E-state index in [0.717, 1.165) is 36.7 Å². The molecule has 0 bridgehead atoms. The van der Waals surface area contributed by atoms with Crippen LogP contribution in [0.4, 0.5) is 0 Å². The first kappa shape index (κ1) is 15.6. The normalized spacial score (nSPS) is 11.1. The van der Waals surface area contributed by atoms with Gasteiger partial charge in [0.15, 0.2) is 5.58 Å². The van der Waals surface area contributed by atoms with E-state index in [2.05, 4.69) is 68.0 Å². The molecule has 4 rings (SSSR count). The van der Waals surface area contributed by atoms with Crippen LogP contribution in [-0.2, 0) is 0 Å². The van der Waals surface area contributed by atoms with E-state index in [1.54, 1.807) is 0 Å². The molecule has 2 nitrogen and oxygen atoms in total. The molecule has 0 fully saturated rings. The SMILES string of the molecule is Cc1c(Br)cc(-c2nc3cc(-c4ccccc4)ccc3o2)cc1Br. The maximum absolute atomic E-state index is 5.94. The summed E-state index contributed by atoms with van der Waals surface area (Å²) >= 11 is 7.16. The molecule has 118 valence electrons. The first-order chi connectivity index (χ1) is 11.6. The third kappa shape index (κ3) is 2.80. The molecule has 0 radical (unpaired) electrons. The van der Waals surface area contributed by atoms with Crippen LogP contribution in [0.5, 0.6) is 0 Å². The highest BCUT2D eigenvalue weighted by molar-refractivity contribution is 9.11. The number of hydrogen-bond donors (Lipinski definition) is 0. The Hall–Kier alpha value is -1.91. The Morgan fingerprint density at radius 3 is 2.21 bits per heavy atom. The van der Waals surface area contributed by atoms with Gasteiger partial charge in [-0.25, -0.2) is 4.98 Å². The van der Waals surface area contributed by atoms with Crippen LogP contribution >= 0.6 is 31.9 Å². The fourth-order valence-electron chi connectivity index (χ4n) is 2.63. The smallest absolute Gasteiger partial charge is 0.227 e. The van der Waals surface area contributed by atoms with E-state index in [1.165, 1.54) is 5.56 Å². The zero-order valence-electron chi connectivity index (χ0n) is 12.9. The summed E-state index contributed by atoms with van der Waals surface area (Å²) in [5, 5.41) is 0. The van der Waals surface area contributed by atoms with Crippen molar-refractivity contribution in [3.05, 3.63) is 75.2 Å². The van der Waals surface area contributed by atoms with Crippen molar-refractivity contribution in [1.82, 2.24) is 4.98 Å². The van der Waals surface area contributed by atoms with Crippen molar-refractivity contribution in [2.45, 2.75) is 6.92 Å². The van der Waals surface area contributed by atoms with Crippen molar-refractivity contribution in [3.8, 4) is 22.6 Å². The molecule has 0 saturated carbocycles. The molecule has 0 amide bonds. The van der Waals surface area contributed by atoms with Gasteiger partial charge in [-0.15, -0.1) is 0 Å². The Morgan fingerprint density at radius 2 is 1.50 bits per heavy atom. The quantitative estimate of drug-likeness (QED) is 0.334.